The number of carbonyl (C=O) groups is 1. The molecule has 0 aliphatic carbocycles. The fraction of sp³-hybridized carbons (Fsp3) is 0.409. The number of unbranched alkanes of at least 4 members (excludes halogenated alkanes) is 3. The topological polar surface area (TPSA) is 38.3 Å². The van der Waals surface area contributed by atoms with Gasteiger partial charge in [0.2, 0.25) is 0 Å². The molecule has 0 saturated heterocycles. The van der Waals surface area contributed by atoms with Crippen molar-refractivity contribution in [2.75, 3.05) is 11.9 Å². The number of nitrogens with one attached hydrogen (secondary N) is 1. The highest BCUT2D eigenvalue weighted by atomic mass is 79.9. The molecule has 1 amide bonds. The first-order chi connectivity index (χ1) is 12.4. The van der Waals surface area contributed by atoms with Gasteiger partial charge < -0.3 is 10.1 Å². The van der Waals surface area contributed by atoms with Crippen LogP contribution < -0.4 is 10.1 Å². The average molecular weight is 418 g/mol. The van der Waals surface area contributed by atoms with Crippen LogP contribution in [0.4, 0.5) is 5.69 Å². The third kappa shape index (κ3) is 5.60. The number of amides is 1. The summed E-state index contributed by atoms with van der Waals surface area (Å²) in [6, 6.07) is 9.73. The molecule has 2 aromatic rings. The van der Waals surface area contributed by atoms with E-state index in [4.69, 9.17) is 4.74 Å². The van der Waals surface area contributed by atoms with Gasteiger partial charge in [-0.05, 0) is 56.5 Å². The van der Waals surface area contributed by atoms with Gasteiger partial charge in [-0.1, -0.05) is 59.8 Å². The monoisotopic (exact) mass is 417 g/mol. The Morgan fingerprint density at radius 1 is 1.04 bits per heavy atom. The Bertz CT molecular complexity index is 748. The zero-order valence-electron chi connectivity index (χ0n) is 16.1. The van der Waals surface area contributed by atoms with Gasteiger partial charge >= 0.3 is 0 Å². The summed E-state index contributed by atoms with van der Waals surface area (Å²) in [5.41, 5.74) is 4.74. The molecule has 0 bridgehead atoms. The van der Waals surface area contributed by atoms with E-state index >= 15 is 0 Å². The highest BCUT2D eigenvalue weighted by molar-refractivity contribution is 9.10. The van der Waals surface area contributed by atoms with Crippen LogP contribution in [0.15, 0.2) is 34.8 Å². The van der Waals surface area contributed by atoms with E-state index in [-0.39, 0.29) is 5.91 Å². The summed E-state index contributed by atoms with van der Waals surface area (Å²) in [6.45, 7) is 8.91. The summed E-state index contributed by atoms with van der Waals surface area (Å²) in [7, 11) is 0. The lowest BCUT2D eigenvalue weighted by molar-refractivity contribution is 0.102. The minimum atomic E-state index is -0.148. The molecule has 0 aliphatic rings. The Morgan fingerprint density at radius 2 is 1.73 bits per heavy atom. The summed E-state index contributed by atoms with van der Waals surface area (Å²) in [4.78, 5) is 12.9. The van der Waals surface area contributed by atoms with E-state index in [1.807, 2.05) is 32.0 Å². The minimum Gasteiger partial charge on any atom is -0.493 e. The SMILES string of the molecule is CCCCCCOc1ccc(Br)cc1C(=O)Nc1c(C)cc(C)cc1C. The maximum Gasteiger partial charge on any atom is 0.259 e. The molecule has 0 spiro atoms. The van der Waals surface area contributed by atoms with Crippen LogP contribution in [0.25, 0.3) is 0 Å². The van der Waals surface area contributed by atoms with Gasteiger partial charge in [-0.3, -0.25) is 4.79 Å². The summed E-state index contributed by atoms with van der Waals surface area (Å²) in [5.74, 6) is 0.481. The van der Waals surface area contributed by atoms with Crippen LogP contribution in [0.5, 0.6) is 5.75 Å². The van der Waals surface area contributed by atoms with Gasteiger partial charge in [0.1, 0.15) is 5.75 Å². The van der Waals surface area contributed by atoms with Gasteiger partial charge in [0, 0.05) is 10.2 Å². The van der Waals surface area contributed by atoms with Gasteiger partial charge in [-0.25, -0.2) is 0 Å². The Hall–Kier alpha value is -1.81. The second-order valence-corrected chi connectivity index (χ2v) is 7.69. The number of anilines is 1. The first-order valence-corrected chi connectivity index (χ1v) is 10.0. The van der Waals surface area contributed by atoms with Crippen molar-refractivity contribution in [1.29, 1.82) is 0 Å². The molecule has 4 heteroatoms. The van der Waals surface area contributed by atoms with E-state index in [1.165, 1.54) is 18.4 Å². The summed E-state index contributed by atoms with van der Waals surface area (Å²) < 4.78 is 6.76. The van der Waals surface area contributed by atoms with Crippen molar-refractivity contribution in [2.24, 2.45) is 0 Å². The molecule has 0 saturated carbocycles. The van der Waals surface area contributed by atoms with Crippen molar-refractivity contribution < 1.29 is 9.53 Å². The lowest BCUT2D eigenvalue weighted by atomic mass is 10.0. The fourth-order valence-corrected chi connectivity index (χ4v) is 3.44. The molecule has 26 heavy (non-hydrogen) atoms. The largest absolute Gasteiger partial charge is 0.493 e. The van der Waals surface area contributed by atoms with Gasteiger partial charge in [0.15, 0.2) is 0 Å². The molecule has 0 aromatic heterocycles. The van der Waals surface area contributed by atoms with Gasteiger partial charge in [0.25, 0.3) is 5.91 Å². The number of aryl methyl sites for hydroxylation is 3. The molecule has 0 aliphatic heterocycles. The smallest absolute Gasteiger partial charge is 0.259 e. The van der Waals surface area contributed by atoms with Crippen molar-refractivity contribution >= 4 is 27.5 Å². The Kier molecular flexibility index (Phi) is 7.70. The number of ether oxygens (including phenoxy) is 1. The number of hydrogen-bond donors (Lipinski definition) is 1. The van der Waals surface area contributed by atoms with Gasteiger partial charge in [0.05, 0.1) is 12.2 Å². The molecule has 1 N–H and O–H groups in total. The molecule has 0 fully saturated rings. The molecule has 0 unspecified atom stereocenters. The van der Waals surface area contributed by atoms with Crippen molar-refractivity contribution in [3.05, 3.63) is 57.1 Å². The van der Waals surface area contributed by atoms with E-state index < -0.39 is 0 Å². The van der Waals surface area contributed by atoms with Crippen LogP contribution in [0.1, 0.15) is 59.7 Å². The van der Waals surface area contributed by atoms with Crippen molar-refractivity contribution in [3.63, 3.8) is 0 Å². The molecule has 0 atom stereocenters. The zero-order chi connectivity index (χ0) is 19.1. The van der Waals surface area contributed by atoms with Gasteiger partial charge in [-0.15, -0.1) is 0 Å². The quantitative estimate of drug-likeness (QED) is 0.492. The second kappa shape index (κ2) is 9.77. The van der Waals surface area contributed by atoms with Crippen LogP contribution in [0.3, 0.4) is 0 Å². The summed E-state index contributed by atoms with van der Waals surface area (Å²) >= 11 is 3.46. The molecule has 0 radical (unpaired) electrons. The molecule has 0 heterocycles. The Morgan fingerprint density at radius 3 is 2.38 bits per heavy atom. The van der Waals surface area contributed by atoms with Crippen LogP contribution in [-0.4, -0.2) is 12.5 Å². The second-order valence-electron chi connectivity index (χ2n) is 6.78. The third-order valence-electron chi connectivity index (χ3n) is 4.36. The summed E-state index contributed by atoms with van der Waals surface area (Å²) in [5, 5.41) is 3.06. The van der Waals surface area contributed by atoms with Crippen LogP contribution in [0.2, 0.25) is 0 Å². The van der Waals surface area contributed by atoms with E-state index in [1.54, 1.807) is 0 Å². The van der Waals surface area contributed by atoms with Crippen LogP contribution in [0, 0.1) is 20.8 Å². The fourth-order valence-electron chi connectivity index (χ4n) is 3.07. The van der Waals surface area contributed by atoms with E-state index in [9.17, 15) is 4.79 Å². The van der Waals surface area contributed by atoms with E-state index in [0.29, 0.717) is 17.9 Å². The normalized spacial score (nSPS) is 10.7. The third-order valence-corrected chi connectivity index (χ3v) is 4.85. The molecule has 2 rings (SSSR count). The Balaban J connectivity index is 2.16. The maximum absolute atomic E-state index is 12.9. The predicted molar refractivity (Wildman–Crippen MR) is 112 cm³/mol. The molecule has 140 valence electrons. The number of benzene rings is 2. The zero-order valence-corrected chi connectivity index (χ0v) is 17.7. The molecular formula is C22H28BrNO2. The van der Waals surface area contributed by atoms with Crippen molar-refractivity contribution in [3.8, 4) is 5.75 Å². The molecule has 2 aromatic carbocycles. The Labute approximate surface area is 165 Å². The van der Waals surface area contributed by atoms with Crippen LogP contribution in [-0.2, 0) is 0 Å². The highest BCUT2D eigenvalue weighted by Crippen LogP contribution is 2.27. The molecule has 3 nitrogen and oxygen atoms in total. The average Bonchev–Trinajstić information content (AvgIpc) is 2.58. The van der Waals surface area contributed by atoms with Gasteiger partial charge in [-0.2, -0.15) is 0 Å². The lowest BCUT2D eigenvalue weighted by Gasteiger charge is -2.15. The van der Waals surface area contributed by atoms with Crippen LogP contribution >= 0.6 is 15.9 Å². The van der Waals surface area contributed by atoms with Crippen molar-refractivity contribution in [2.45, 2.75) is 53.4 Å². The minimum absolute atomic E-state index is 0.148. The lowest BCUT2D eigenvalue weighted by Crippen LogP contribution is -2.16. The number of halogens is 1. The number of hydrogen-bond acceptors (Lipinski definition) is 2. The predicted octanol–water partition coefficient (Wildman–Crippen LogP) is 6.59. The maximum atomic E-state index is 12.9. The summed E-state index contributed by atoms with van der Waals surface area (Å²) in [6.07, 6.45) is 4.56. The standard InChI is InChI=1S/C22H28BrNO2/c1-5-6-7-8-11-26-20-10-9-18(23)14-19(20)22(25)24-21-16(3)12-15(2)13-17(21)4/h9-10,12-14H,5-8,11H2,1-4H3,(H,24,25). The first-order valence-electron chi connectivity index (χ1n) is 9.24. The molecular weight excluding hydrogens is 390 g/mol. The number of carbonyl (C=O) groups excluding carboxylic acids is 1. The highest BCUT2D eigenvalue weighted by Gasteiger charge is 2.16. The van der Waals surface area contributed by atoms with E-state index in [0.717, 1.165) is 34.1 Å². The van der Waals surface area contributed by atoms with E-state index in [2.05, 4.69) is 47.2 Å². The van der Waals surface area contributed by atoms with Crippen molar-refractivity contribution in [1.82, 2.24) is 0 Å². The first kappa shape index (κ1) is 20.5. The number of rotatable bonds is 8.